The molecule has 4 rings (SSSR count). The maximum atomic E-state index is 12.8. The molecule has 1 saturated heterocycles. The van der Waals surface area contributed by atoms with Crippen LogP contribution in [0.25, 0.3) is 5.69 Å². The number of aromatic nitrogens is 2. The minimum absolute atomic E-state index is 0.0178. The summed E-state index contributed by atoms with van der Waals surface area (Å²) in [5.41, 5.74) is 2.20. The van der Waals surface area contributed by atoms with E-state index in [4.69, 9.17) is 11.6 Å². The topological polar surface area (TPSA) is 58.4 Å². The van der Waals surface area contributed by atoms with Gasteiger partial charge >= 0.3 is 0 Å². The molecule has 7 heteroatoms. The van der Waals surface area contributed by atoms with E-state index < -0.39 is 0 Å². The van der Waals surface area contributed by atoms with Crippen LogP contribution in [0.1, 0.15) is 20.7 Å². The van der Waals surface area contributed by atoms with Crippen molar-refractivity contribution in [2.75, 3.05) is 26.2 Å². The third kappa shape index (κ3) is 3.77. The maximum Gasteiger partial charge on any atom is 0.253 e. The number of imidazole rings is 1. The van der Waals surface area contributed by atoms with Gasteiger partial charge in [0.15, 0.2) is 0 Å². The molecule has 0 atom stereocenters. The zero-order valence-electron chi connectivity index (χ0n) is 15.2. The molecule has 0 aliphatic carbocycles. The van der Waals surface area contributed by atoms with Crippen LogP contribution >= 0.6 is 11.6 Å². The Labute approximate surface area is 168 Å². The van der Waals surface area contributed by atoms with E-state index in [1.165, 1.54) is 0 Å². The molecule has 0 bridgehead atoms. The Balaban J connectivity index is 1.37. The molecule has 142 valence electrons. The highest BCUT2D eigenvalue weighted by atomic mass is 35.5. The monoisotopic (exact) mass is 394 g/mol. The molecule has 0 saturated carbocycles. The summed E-state index contributed by atoms with van der Waals surface area (Å²) in [5, 5.41) is 0.603. The molecule has 1 aliphatic rings. The summed E-state index contributed by atoms with van der Waals surface area (Å²) in [7, 11) is 0. The zero-order valence-corrected chi connectivity index (χ0v) is 15.9. The number of carbonyl (C=O) groups is 2. The third-order valence-corrected chi connectivity index (χ3v) is 5.11. The lowest BCUT2D eigenvalue weighted by Crippen LogP contribution is -2.50. The van der Waals surface area contributed by atoms with E-state index in [-0.39, 0.29) is 11.8 Å². The molecule has 0 unspecified atom stereocenters. The fourth-order valence-electron chi connectivity index (χ4n) is 3.26. The largest absolute Gasteiger partial charge is 0.335 e. The molecular weight excluding hydrogens is 376 g/mol. The average Bonchev–Trinajstić information content (AvgIpc) is 3.28. The lowest BCUT2D eigenvalue weighted by molar-refractivity contribution is 0.0535. The molecule has 1 aromatic heterocycles. The number of hydrogen-bond acceptors (Lipinski definition) is 3. The molecule has 2 amide bonds. The first-order chi connectivity index (χ1) is 13.6. The van der Waals surface area contributed by atoms with Crippen molar-refractivity contribution < 1.29 is 9.59 Å². The van der Waals surface area contributed by atoms with Crippen molar-refractivity contribution in [3.8, 4) is 5.69 Å². The molecule has 0 N–H and O–H groups in total. The van der Waals surface area contributed by atoms with E-state index in [2.05, 4.69) is 4.98 Å². The van der Waals surface area contributed by atoms with E-state index in [0.717, 1.165) is 5.69 Å². The number of carbonyl (C=O) groups excluding carboxylic acids is 2. The van der Waals surface area contributed by atoms with Gasteiger partial charge in [-0.3, -0.25) is 9.59 Å². The normalized spacial score (nSPS) is 14.2. The number of piperazine rings is 1. The van der Waals surface area contributed by atoms with Crippen LogP contribution in [0.2, 0.25) is 5.02 Å². The summed E-state index contributed by atoms with van der Waals surface area (Å²) in [6, 6.07) is 14.3. The van der Waals surface area contributed by atoms with Gasteiger partial charge < -0.3 is 14.4 Å². The first-order valence-corrected chi connectivity index (χ1v) is 9.42. The summed E-state index contributed by atoms with van der Waals surface area (Å²) in [6.45, 7) is 2.06. The SMILES string of the molecule is O=C(c1ccc(Cl)cc1)N1CCN(C(=O)c2ccc(-n3ccnc3)cc2)CC1. The second-order valence-corrected chi connectivity index (χ2v) is 7.04. The van der Waals surface area contributed by atoms with Crippen molar-refractivity contribution in [3.63, 3.8) is 0 Å². The number of nitrogens with zero attached hydrogens (tertiary/aromatic N) is 4. The van der Waals surface area contributed by atoms with Crippen LogP contribution in [0.5, 0.6) is 0 Å². The molecule has 0 spiro atoms. The number of hydrogen-bond donors (Lipinski definition) is 0. The average molecular weight is 395 g/mol. The van der Waals surface area contributed by atoms with Gasteiger partial charge in [0, 0.05) is 60.4 Å². The van der Waals surface area contributed by atoms with E-state index in [0.29, 0.717) is 42.3 Å². The summed E-state index contributed by atoms with van der Waals surface area (Å²) in [6.07, 6.45) is 5.28. The van der Waals surface area contributed by atoms with Crippen molar-refractivity contribution in [2.45, 2.75) is 0 Å². The summed E-state index contributed by atoms with van der Waals surface area (Å²) >= 11 is 5.88. The van der Waals surface area contributed by atoms with Crippen molar-refractivity contribution >= 4 is 23.4 Å². The van der Waals surface area contributed by atoms with E-state index >= 15 is 0 Å². The smallest absolute Gasteiger partial charge is 0.253 e. The molecule has 2 heterocycles. The van der Waals surface area contributed by atoms with E-state index in [9.17, 15) is 9.59 Å². The Morgan fingerprint density at radius 2 is 1.29 bits per heavy atom. The first-order valence-electron chi connectivity index (χ1n) is 9.04. The van der Waals surface area contributed by atoms with Crippen molar-refractivity contribution in [1.82, 2.24) is 19.4 Å². The number of benzene rings is 2. The summed E-state index contributed by atoms with van der Waals surface area (Å²) < 4.78 is 1.88. The van der Waals surface area contributed by atoms with Gasteiger partial charge in [0.2, 0.25) is 0 Å². The molecule has 1 fully saturated rings. The van der Waals surface area contributed by atoms with Gasteiger partial charge in [-0.1, -0.05) is 11.6 Å². The third-order valence-electron chi connectivity index (χ3n) is 4.86. The fraction of sp³-hybridized carbons (Fsp3) is 0.190. The van der Waals surface area contributed by atoms with Gasteiger partial charge in [-0.15, -0.1) is 0 Å². The standard InChI is InChI=1S/C21H19ClN4O2/c22-18-5-1-16(2-6-18)20(27)24-11-13-25(14-12-24)21(28)17-3-7-19(8-4-17)26-10-9-23-15-26/h1-10,15H,11-14H2. The highest BCUT2D eigenvalue weighted by Gasteiger charge is 2.25. The van der Waals surface area contributed by atoms with E-state index in [1.54, 1.807) is 46.6 Å². The van der Waals surface area contributed by atoms with E-state index in [1.807, 2.05) is 35.0 Å². The first kappa shape index (κ1) is 18.3. The number of rotatable bonds is 3. The van der Waals surface area contributed by atoms with Crippen LogP contribution in [-0.2, 0) is 0 Å². The van der Waals surface area contributed by atoms with Crippen LogP contribution in [0, 0.1) is 0 Å². The minimum atomic E-state index is -0.0338. The molecule has 3 aromatic rings. The Kier molecular flexibility index (Phi) is 5.12. The second-order valence-electron chi connectivity index (χ2n) is 6.61. The van der Waals surface area contributed by atoms with Gasteiger partial charge in [0.1, 0.15) is 0 Å². The molecular formula is C21H19ClN4O2. The van der Waals surface area contributed by atoms with Crippen molar-refractivity contribution in [3.05, 3.63) is 83.4 Å². The van der Waals surface area contributed by atoms with Gasteiger partial charge in [-0.2, -0.15) is 0 Å². The Morgan fingerprint density at radius 1 is 0.786 bits per heavy atom. The second kappa shape index (κ2) is 7.86. The summed E-state index contributed by atoms with van der Waals surface area (Å²) in [5.74, 6) is -0.0516. The minimum Gasteiger partial charge on any atom is -0.335 e. The summed E-state index contributed by atoms with van der Waals surface area (Å²) in [4.78, 5) is 32.9. The predicted molar refractivity (Wildman–Crippen MR) is 107 cm³/mol. The Bertz CT molecular complexity index is 961. The molecule has 0 radical (unpaired) electrons. The zero-order chi connectivity index (χ0) is 19.5. The van der Waals surface area contributed by atoms with Crippen LogP contribution in [0.3, 0.4) is 0 Å². The molecule has 28 heavy (non-hydrogen) atoms. The Morgan fingerprint density at radius 3 is 1.75 bits per heavy atom. The molecule has 6 nitrogen and oxygen atoms in total. The highest BCUT2D eigenvalue weighted by Crippen LogP contribution is 2.15. The number of amides is 2. The molecule has 1 aliphatic heterocycles. The number of halogens is 1. The maximum absolute atomic E-state index is 12.8. The van der Waals surface area contributed by atoms with Crippen LogP contribution in [0.15, 0.2) is 67.3 Å². The van der Waals surface area contributed by atoms with Gasteiger partial charge in [-0.05, 0) is 48.5 Å². The fourth-order valence-corrected chi connectivity index (χ4v) is 3.38. The van der Waals surface area contributed by atoms with Crippen molar-refractivity contribution in [1.29, 1.82) is 0 Å². The van der Waals surface area contributed by atoms with Crippen LogP contribution in [-0.4, -0.2) is 57.3 Å². The van der Waals surface area contributed by atoms with Crippen molar-refractivity contribution in [2.24, 2.45) is 0 Å². The lowest BCUT2D eigenvalue weighted by Gasteiger charge is -2.35. The Hall–Kier alpha value is -3.12. The van der Waals surface area contributed by atoms with Crippen LogP contribution in [0.4, 0.5) is 0 Å². The predicted octanol–water partition coefficient (Wildman–Crippen LogP) is 3.12. The van der Waals surface area contributed by atoms with Crippen LogP contribution < -0.4 is 0 Å². The quantitative estimate of drug-likeness (QED) is 0.685. The van der Waals surface area contributed by atoms with Gasteiger partial charge in [0.25, 0.3) is 11.8 Å². The van der Waals surface area contributed by atoms with Gasteiger partial charge in [0.05, 0.1) is 6.33 Å². The highest BCUT2D eigenvalue weighted by molar-refractivity contribution is 6.30. The lowest BCUT2D eigenvalue weighted by atomic mass is 10.1. The van der Waals surface area contributed by atoms with Gasteiger partial charge in [-0.25, -0.2) is 4.98 Å². The molecule has 2 aromatic carbocycles.